The summed E-state index contributed by atoms with van der Waals surface area (Å²) in [5.41, 5.74) is 1.94. The molecule has 0 saturated heterocycles. The van der Waals surface area contributed by atoms with E-state index >= 15 is 0 Å². The second-order valence-electron chi connectivity index (χ2n) is 5.08. The van der Waals surface area contributed by atoms with E-state index < -0.39 is 0 Å². The summed E-state index contributed by atoms with van der Waals surface area (Å²) in [7, 11) is 0. The van der Waals surface area contributed by atoms with Gasteiger partial charge in [-0.05, 0) is 24.3 Å². The maximum absolute atomic E-state index is 12.0. The molecular formula is C16H21N3O. The number of aromatic nitrogens is 1. The van der Waals surface area contributed by atoms with Crippen molar-refractivity contribution in [2.24, 2.45) is 0 Å². The molecule has 4 heteroatoms. The number of nitrogens with zero attached hydrogens (tertiary/aromatic N) is 1. The first-order chi connectivity index (χ1) is 9.65. The number of carbonyl (C=O) groups excluding carboxylic acids is 1. The van der Waals surface area contributed by atoms with Gasteiger partial charge < -0.3 is 15.2 Å². The Morgan fingerprint density at radius 1 is 1.15 bits per heavy atom. The zero-order chi connectivity index (χ0) is 14.4. The lowest BCUT2D eigenvalue weighted by Crippen LogP contribution is -2.25. The molecule has 0 fully saturated rings. The van der Waals surface area contributed by atoms with Gasteiger partial charge in [0, 0.05) is 30.2 Å². The summed E-state index contributed by atoms with van der Waals surface area (Å²) in [6.45, 7) is 5.31. The van der Waals surface area contributed by atoms with E-state index in [2.05, 4.69) is 24.5 Å². The van der Waals surface area contributed by atoms with Crippen molar-refractivity contribution in [3.05, 3.63) is 54.4 Å². The Morgan fingerprint density at radius 2 is 1.90 bits per heavy atom. The van der Waals surface area contributed by atoms with Crippen molar-refractivity contribution in [3.63, 3.8) is 0 Å². The van der Waals surface area contributed by atoms with Crippen LogP contribution in [0.2, 0.25) is 0 Å². The zero-order valence-electron chi connectivity index (χ0n) is 12.0. The van der Waals surface area contributed by atoms with Crippen molar-refractivity contribution in [2.45, 2.75) is 33.0 Å². The third-order valence-corrected chi connectivity index (χ3v) is 2.99. The maximum Gasteiger partial charge on any atom is 0.244 e. The number of amides is 1. The second-order valence-corrected chi connectivity index (χ2v) is 5.08. The molecule has 20 heavy (non-hydrogen) atoms. The highest BCUT2D eigenvalue weighted by molar-refractivity contribution is 5.90. The average Bonchev–Trinajstić information content (AvgIpc) is 2.84. The molecule has 0 atom stereocenters. The van der Waals surface area contributed by atoms with E-state index in [-0.39, 0.29) is 5.91 Å². The fourth-order valence-corrected chi connectivity index (χ4v) is 1.95. The quantitative estimate of drug-likeness (QED) is 0.848. The predicted molar refractivity (Wildman–Crippen MR) is 81.5 cm³/mol. The molecule has 1 aromatic heterocycles. The Labute approximate surface area is 119 Å². The number of benzene rings is 1. The largest absolute Gasteiger partial charge is 0.341 e. The van der Waals surface area contributed by atoms with E-state index in [4.69, 9.17) is 0 Å². The normalized spacial score (nSPS) is 10.8. The van der Waals surface area contributed by atoms with E-state index in [0.717, 1.165) is 17.9 Å². The molecule has 1 heterocycles. The molecule has 0 radical (unpaired) electrons. The topological polar surface area (TPSA) is 46.1 Å². The molecule has 106 valence electrons. The van der Waals surface area contributed by atoms with Crippen molar-refractivity contribution in [2.75, 3.05) is 5.32 Å². The average molecular weight is 271 g/mol. The lowest BCUT2D eigenvalue weighted by molar-refractivity contribution is -0.116. The molecular weight excluding hydrogens is 250 g/mol. The molecule has 0 unspecified atom stereocenters. The number of nitrogens with one attached hydrogen (secondary N) is 2. The van der Waals surface area contributed by atoms with Gasteiger partial charge in [-0.3, -0.25) is 4.79 Å². The minimum absolute atomic E-state index is 0.0156. The minimum atomic E-state index is -0.0156. The smallest absolute Gasteiger partial charge is 0.244 e. The monoisotopic (exact) mass is 271 g/mol. The van der Waals surface area contributed by atoms with Crippen molar-refractivity contribution in [3.8, 4) is 0 Å². The molecule has 0 saturated carbocycles. The number of carbonyl (C=O) groups is 1. The summed E-state index contributed by atoms with van der Waals surface area (Å²) < 4.78 is 1.97. The van der Waals surface area contributed by atoms with Crippen LogP contribution in [-0.4, -0.2) is 16.5 Å². The highest BCUT2D eigenvalue weighted by Crippen LogP contribution is 2.07. The summed E-state index contributed by atoms with van der Waals surface area (Å²) in [4.78, 5) is 12.0. The molecule has 0 spiro atoms. The lowest BCUT2D eigenvalue weighted by atomic mass is 10.3. The van der Waals surface area contributed by atoms with Crippen LogP contribution < -0.4 is 10.6 Å². The van der Waals surface area contributed by atoms with Gasteiger partial charge >= 0.3 is 0 Å². The number of rotatable bonds is 6. The Hall–Kier alpha value is -2.07. The van der Waals surface area contributed by atoms with Crippen molar-refractivity contribution >= 4 is 11.6 Å². The molecule has 2 rings (SSSR count). The van der Waals surface area contributed by atoms with E-state index in [0.29, 0.717) is 12.6 Å². The maximum atomic E-state index is 12.0. The molecule has 0 aliphatic heterocycles. The first-order valence-corrected chi connectivity index (χ1v) is 6.87. The third-order valence-electron chi connectivity index (χ3n) is 2.99. The van der Waals surface area contributed by atoms with E-state index in [1.807, 2.05) is 53.2 Å². The molecule has 1 aromatic carbocycles. The molecule has 0 aliphatic rings. The van der Waals surface area contributed by atoms with E-state index in [1.54, 1.807) is 0 Å². The van der Waals surface area contributed by atoms with Crippen LogP contribution in [0.1, 0.15) is 19.5 Å². The van der Waals surface area contributed by atoms with Gasteiger partial charge in [-0.1, -0.05) is 32.0 Å². The Morgan fingerprint density at radius 3 is 2.60 bits per heavy atom. The predicted octanol–water partition coefficient (Wildman–Crippen LogP) is 2.62. The van der Waals surface area contributed by atoms with Crippen LogP contribution >= 0.6 is 0 Å². The molecule has 2 aromatic rings. The summed E-state index contributed by atoms with van der Waals surface area (Å²) in [5.74, 6) is -0.0156. The van der Waals surface area contributed by atoms with Crippen LogP contribution in [0.25, 0.3) is 0 Å². The Kier molecular flexibility index (Phi) is 4.96. The molecule has 4 nitrogen and oxygen atoms in total. The number of para-hydroxylation sites is 1. The number of anilines is 1. The first kappa shape index (κ1) is 14.3. The van der Waals surface area contributed by atoms with Gasteiger partial charge in [0.1, 0.15) is 6.54 Å². The lowest BCUT2D eigenvalue weighted by Gasteiger charge is -2.12. The van der Waals surface area contributed by atoms with Gasteiger partial charge in [-0.15, -0.1) is 0 Å². The number of hydrogen-bond donors (Lipinski definition) is 2. The van der Waals surface area contributed by atoms with Crippen molar-refractivity contribution in [1.29, 1.82) is 0 Å². The van der Waals surface area contributed by atoms with Crippen LogP contribution in [0.3, 0.4) is 0 Å². The molecule has 2 N–H and O–H groups in total. The van der Waals surface area contributed by atoms with E-state index in [9.17, 15) is 4.79 Å². The van der Waals surface area contributed by atoms with Crippen LogP contribution in [0.5, 0.6) is 0 Å². The van der Waals surface area contributed by atoms with Crippen LogP contribution in [0, 0.1) is 0 Å². The summed E-state index contributed by atoms with van der Waals surface area (Å²) in [6, 6.07) is 13.9. The van der Waals surface area contributed by atoms with Gasteiger partial charge in [0.2, 0.25) is 5.91 Å². The third kappa shape index (κ3) is 4.24. The zero-order valence-corrected chi connectivity index (χ0v) is 12.0. The Bertz CT molecular complexity index is 546. The fraction of sp³-hybridized carbons (Fsp3) is 0.312. The molecule has 0 bridgehead atoms. The summed E-state index contributed by atoms with van der Waals surface area (Å²) in [5, 5.41) is 6.25. The number of hydrogen-bond acceptors (Lipinski definition) is 2. The van der Waals surface area contributed by atoms with Gasteiger partial charge in [0.15, 0.2) is 0 Å². The molecule has 1 amide bonds. The molecule has 0 aliphatic carbocycles. The van der Waals surface area contributed by atoms with Crippen LogP contribution in [0.4, 0.5) is 5.69 Å². The van der Waals surface area contributed by atoms with Crippen LogP contribution in [-0.2, 0) is 17.9 Å². The van der Waals surface area contributed by atoms with Gasteiger partial charge in [0.25, 0.3) is 0 Å². The Balaban J connectivity index is 1.93. The van der Waals surface area contributed by atoms with Gasteiger partial charge in [0.05, 0.1) is 0 Å². The van der Waals surface area contributed by atoms with E-state index in [1.165, 1.54) is 0 Å². The first-order valence-electron chi connectivity index (χ1n) is 6.87. The SMILES string of the molecule is CC(C)NCc1cccn1CC(=O)Nc1ccccc1. The van der Waals surface area contributed by atoms with Crippen LogP contribution in [0.15, 0.2) is 48.7 Å². The van der Waals surface area contributed by atoms with Crippen molar-refractivity contribution < 1.29 is 4.79 Å². The minimum Gasteiger partial charge on any atom is -0.341 e. The van der Waals surface area contributed by atoms with Gasteiger partial charge in [-0.2, -0.15) is 0 Å². The second kappa shape index (κ2) is 6.91. The highest BCUT2D eigenvalue weighted by atomic mass is 16.1. The van der Waals surface area contributed by atoms with Crippen molar-refractivity contribution in [1.82, 2.24) is 9.88 Å². The summed E-state index contributed by atoms with van der Waals surface area (Å²) >= 11 is 0. The van der Waals surface area contributed by atoms with Gasteiger partial charge in [-0.25, -0.2) is 0 Å². The highest BCUT2D eigenvalue weighted by Gasteiger charge is 2.07. The fourth-order valence-electron chi connectivity index (χ4n) is 1.95. The summed E-state index contributed by atoms with van der Waals surface area (Å²) in [6.07, 6.45) is 1.93. The standard InChI is InChI=1S/C16H21N3O/c1-13(2)17-11-15-9-6-10-19(15)12-16(20)18-14-7-4-3-5-8-14/h3-10,13,17H,11-12H2,1-2H3,(H,18,20).